The number of nitrogens with two attached hydrogens (primary N) is 1. The highest BCUT2D eigenvalue weighted by atomic mass is 32.2. The molecule has 1 atom stereocenters. The molecule has 3 N–H and O–H groups in total. The molecule has 0 radical (unpaired) electrons. The molecule has 124 valence electrons. The molecule has 0 spiro atoms. The number of halogens is 2. The van der Waals surface area contributed by atoms with Gasteiger partial charge in [-0.2, -0.15) is 0 Å². The minimum Gasteiger partial charge on any atom is -0.387 e. The van der Waals surface area contributed by atoms with Crippen LogP contribution in [0.15, 0.2) is 59.9 Å². The largest absolute Gasteiger partial charge is 0.387 e. The number of benzene rings is 2. The Labute approximate surface area is 141 Å². The molecule has 0 aliphatic rings. The van der Waals surface area contributed by atoms with Crippen molar-refractivity contribution in [2.24, 2.45) is 0 Å². The van der Waals surface area contributed by atoms with Gasteiger partial charge in [-0.05, 0) is 18.2 Å². The second-order valence-corrected chi connectivity index (χ2v) is 6.16. The number of aliphatic hydroxyl groups excluding tert-OH is 1. The standard InChI is InChI=1S/C17H15F2N3OS/c18-12-6-7-14(19)13(8-12)16(23)10-24-17-21-15(9-22(17)20)11-4-2-1-3-5-11/h1-9,16,23H,10,20H2/t16-/m0/s1. The molecule has 1 aromatic heterocycles. The topological polar surface area (TPSA) is 64.1 Å². The summed E-state index contributed by atoms with van der Waals surface area (Å²) < 4.78 is 28.2. The van der Waals surface area contributed by atoms with Crippen molar-refractivity contribution in [1.29, 1.82) is 0 Å². The SMILES string of the molecule is Nn1cc(-c2ccccc2)nc1SC[C@H](O)c1cc(F)ccc1F. The van der Waals surface area contributed by atoms with E-state index in [0.29, 0.717) is 10.9 Å². The van der Waals surface area contributed by atoms with Crippen molar-refractivity contribution >= 4 is 11.8 Å². The number of nitrogen functional groups attached to an aromatic ring is 1. The van der Waals surface area contributed by atoms with Gasteiger partial charge in [-0.1, -0.05) is 42.1 Å². The lowest BCUT2D eigenvalue weighted by atomic mass is 10.1. The molecule has 7 heteroatoms. The van der Waals surface area contributed by atoms with E-state index in [2.05, 4.69) is 4.98 Å². The van der Waals surface area contributed by atoms with Gasteiger partial charge in [0.05, 0.1) is 18.0 Å². The lowest BCUT2D eigenvalue weighted by Crippen LogP contribution is -2.10. The van der Waals surface area contributed by atoms with Gasteiger partial charge in [0.25, 0.3) is 0 Å². The van der Waals surface area contributed by atoms with Gasteiger partial charge in [0.1, 0.15) is 11.6 Å². The molecule has 3 aromatic rings. The fourth-order valence-electron chi connectivity index (χ4n) is 2.24. The highest BCUT2D eigenvalue weighted by molar-refractivity contribution is 7.99. The summed E-state index contributed by atoms with van der Waals surface area (Å²) in [5.41, 5.74) is 1.54. The lowest BCUT2D eigenvalue weighted by molar-refractivity contribution is 0.198. The second kappa shape index (κ2) is 7.02. The molecule has 0 saturated carbocycles. The van der Waals surface area contributed by atoms with E-state index in [1.54, 1.807) is 6.20 Å². The van der Waals surface area contributed by atoms with E-state index >= 15 is 0 Å². The summed E-state index contributed by atoms with van der Waals surface area (Å²) in [6.45, 7) is 0. The van der Waals surface area contributed by atoms with E-state index < -0.39 is 17.7 Å². The Morgan fingerprint density at radius 2 is 1.92 bits per heavy atom. The van der Waals surface area contributed by atoms with Crippen molar-refractivity contribution < 1.29 is 13.9 Å². The first-order chi connectivity index (χ1) is 11.5. The fraction of sp³-hybridized carbons (Fsp3) is 0.118. The number of nitrogens with zero attached hydrogens (tertiary/aromatic N) is 2. The summed E-state index contributed by atoms with van der Waals surface area (Å²) in [6, 6.07) is 12.5. The number of rotatable bonds is 5. The second-order valence-electron chi connectivity index (χ2n) is 5.17. The Kier molecular flexibility index (Phi) is 4.82. The van der Waals surface area contributed by atoms with Crippen LogP contribution in [0.3, 0.4) is 0 Å². The van der Waals surface area contributed by atoms with Crippen molar-refractivity contribution in [2.75, 3.05) is 11.6 Å². The van der Waals surface area contributed by atoms with E-state index in [9.17, 15) is 13.9 Å². The van der Waals surface area contributed by atoms with Crippen molar-refractivity contribution in [3.63, 3.8) is 0 Å². The predicted octanol–water partition coefficient (Wildman–Crippen LogP) is 3.37. The molecular formula is C17H15F2N3OS. The van der Waals surface area contributed by atoms with Gasteiger partial charge >= 0.3 is 0 Å². The van der Waals surface area contributed by atoms with E-state index in [-0.39, 0.29) is 11.3 Å². The van der Waals surface area contributed by atoms with Gasteiger partial charge in [-0.25, -0.2) is 18.4 Å². The third kappa shape index (κ3) is 3.58. The van der Waals surface area contributed by atoms with Crippen LogP contribution in [0.4, 0.5) is 8.78 Å². The van der Waals surface area contributed by atoms with Crippen molar-refractivity contribution in [3.05, 3.63) is 71.9 Å². The van der Waals surface area contributed by atoms with Crippen LogP contribution in [-0.2, 0) is 0 Å². The van der Waals surface area contributed by atoms with Gasteiger partial charge < -0.3 is 10.9 Å². The van der Waals surface area contributed by atoms with Crippen LogP contribution in [-0.4, -0.2) is 20.5 Å². The molecular weight excluding hydrogens is 332 g/mol. The van der Waals surface area contributed by atoms with Crippen LogP contribution in [0.25, 0.3) is 11.3 Å². The molecule has 4 nitrogen and oxygen atoms in total. The molecule has 0 amide bonds. The van der Waals surface area contributed by atoms with E-state index in [0.717, 1.165) is 23.8 Å². The van der Waals surface area contributed by atoms with E-state index in [1.807, 2.05) is 30.3 Å². The summed E-state index contributed by atoms with van der Waals surface area (Å²) in [5.74, 6) is 4.73. The summed E-state index contributed by atoms with van der Waals surface area (Å²) in [7, 11) is 0. The Morgan fingerprint density at radius 1 is 1.17 bits per heavy atom. The average Bonchev–Trinajstić information content (AvgIpc) is 2.96. The van der Waals surface area contributed by atoms with Crippen LogP contribution in [0.5, 0.6) is 0 Å². The van der Waals surface area contributed by atoms with Gasteiger partial charge in [0.2, 0.25) is 0 Å². The minimum absolute atomic E-state index is 0.0825. The van der Waals surface area contributed by atoms with Gasteiger partial charge in [0.15, 0.2) is 5.16 Å². The Morgan fingerprint density at radius 3 is 2.67 bits per heavy atom. The number of aliphatic hydroxyl groups is 1. The Hall–Kier alpha value is -2.38. The molecule has 3 rings (SSSR count). The highest BCUT2D eigenvalue weighted by Gasteiger charge is 2.16. The zero-order valence-corrected chi connectivity index (χ0v) is 13.4. The van der Waals surface area contributed by atoms with Gasteiger partial charge in [-0.3, -0.25) is 0 Å². The first kappa shape index (κ1) is 16.5. The van der Waals surface area contributed by atoms with E-state index in [1.165, 1.54) is 16.4 Å². The molecule has 0 unspecified atom stereocenters. The van der Waals surface area contributed by atoms with Crippen LogP contribution in [0.2, 0.25) is 0 Å². The average molecular weight is 347 g/mol. The van der Waals surface area contributed by atoms with Gasteiger partial charge in [0, 0.05) is 16.9 Å². The highest BCUT2D eigenvalue weighted by Crippen LogP contribution is 2.27. The number of hydrogen-bond acceptors (Lipinski definition) is 4. The maximum Gasteiger partial charge on any atom is 0.187 e. The van der Waals surface area contributed by atoms with Crippen LogP contribution >= 0.6 is 11.8 Å². The smallest absolute Gasteiger partial charge is 0.187 e. The molecule has 0 aliphatic heterocycles. The fourth-order valence-corrected chi connectivity index (χ4v) is 3.10. The van der Waals surface area contributed by atoms with Crippen molar-refractivity contribution in [1.82, 2.24) is 9.66 Å². The minimum atomic E-state index is -1.16. The maximum atomic E-state index is 13.7. The number of aromatic nitrogens is 2. The molecule has 0 saturated heterocycles. The zero-order valence-electron chi connectivity index (χ0n) is 12.6. The van der Waals surface area contributed by atoms with Crippen LogP contribution < -0.4 is 5.84 Å². The molecule has 0 aliphatic carbocycles. The number of thioether (sulfide) groups is 1. The lowest BCUT2D eigenvalue weighted by Gasteiger charge is -2.11. The van der Waals surface area contributed by atoms with E-state index in [4.69, 9.17) is 5.84 Å². The summed E-state index contributed by atoms with van der Waals surface area (Å²) >= 11 is 1.17. The van der Waals surface area contributed by atoms with Crippen molar-refractivity contribution in [3.8, 4) is 11.3 Å². The summed E-state index contributed by atoms with van der Waals surface area (Å²) in [5, 5.41) is 10.6. The summed E-state index contributed by atoms with van der Waals surface area (Å²) in [6.07, 6.45) is 0.509. The quantitative estimate of drug-likeness (QED) is 0.549. The third-order valence-corrected chi connectivity index (χ3v) is 4.50. The first-order valence-corrected chi connectivity index (χ1v) is 8.19. The normalized spacial score (nSPS) is 12.3. The number of imidazole rings is 1. The Bertz CT molecular complexity index is 839. The molecule has 24 heavy (non-hydrogen) atoms. The summed E-state index contributed by atoms with van der Waals surface area (Å²) in [4.78, 5) is 4.41. The van der Waals surface area contributed by atoms with Gasteiger partial charge in [-0.15, -0.1) is 0 Å². The monoisotopic (exact) mass is 347 g/mol. The molecule has 0 fully saturated rings. The first-order valence-electron chi connectivity index (χ1n) is 7.20. The Balaban J connectivity index is 1.73. The maximum absolute atomic E-state index is 13.7. The third-order valence-electron chi connectivity index (χ3n) is 3.46. The number of hydrogen-bond donors (Lipinski definition) is 2. The van der Waals surface area contributed by atoms with Crippen molar-refractivity contribution in [2.45, 2.75) is 11.3 Å². The zero-order chi connectivity index (χ0) is 17.1. The van der Waals surface area contributed by atoms with Crippen LogP contribution in [0, 0.1) is 11.6 Å². The van der Waals surface area contributed by atoms with Crippen LogP contribution in [0.1, 0.15) is 11.7 Å². The molecule has 1 heterocycles. The molecule has 0 bridgehead atoms. The predicted molar refractivity (Wildman–Crippen MR) is 89.9 cm³/mol. The molecule has 2 aromatic carbocycles.